The summed E-state index contributed by atoms with van der Waals surface area (Å²) in [5.41, 5.74) is 2.06. The number of anilines is 1. The molecule has 4 rings (SSSR count). The highest BCUT2D eigenvalue weighted by Crippen LogP contribution is 2.38. The van der Waals surface area contributed by atoms with Crippen molar-refractivity contribution in [2.75, 3.05) is 12.0 Å². The highest BCUT2D eigenvalue weighted by atomic mass is 32.1. The monoisotopic (exact) mass is 584 g/mol. The fraction of sp³-hybridized carbons (Fsp3) is 0.290. The standard InChI is InChI=1S/C31H31F3N2O4S/c1-19-15-22(9-14-26(19)40-30(3,4)29(37)38)18-36(17-21-7-6-8-25(16-21)39-5)28-20(2)35-27(41-28)23-10-12-24(13-11-23)31(32,33)34/h6-16H,17-18H2,1-5H3,(H,37,38). The molecule has 0 aliphatic carbocycles. The highest BCUT2D eigenvalue weighted by Gasteiger charge is 2.31. The van der Waals surface area contributed by atoms with Gasteiger partial charge in [0, 0.05) is 18.7 Å². The van der Waals surface area contributed by atoms with E-state index >= 15 is 0 Å². The quantitative estimate of drug-likeness (QED) is 0.204. The third kappa shape index (κ3) is 7.18. The first kappa shape index (κ1) is 29.9. The minimum Gasteiger partial charge on any atom is -0.497 e. The maximum absolute atomic E-state index is 13.1. The van der Waals surface area contributed by atoms with Gasteiger partial charge in [0.05, 0.1) is 18.4 Å². The Morgan fingerprint density at radius 1 is 0.976 bits per heavy atom. The predicted octanol–water partition coefficient (Wildman–Crippen LogP) is 7.90. The first-order chi connectivity index (χ1) is 19.3. The Balaban J connectivity index is 1.67. The highest BCUT2D eigenvalue weighted by molar-refractivity contribution is 7.19. The molecule has 41 heavy (non-hydrogen) atoms. The van der Waals surface area contributed by atoms with Gasteiger partial charge >= 0.3 is 12.1 Å². The van der Waals surface area contributed by atoms with Crippen LogP contribution in [0.15, 0.2) is 66.7 Å². The van der Waals surface area contributed by atoms with Crippen molar-refractivity contribution in [2.45, 2.75) is 52.6 Å². The number of halogens is 3. The second kappa shape index (κ2) is 11.8. The van der Waals surface area contributed by atoms with E-state index in [2.05, 4.69) is 4.90 Å². The largest absolute Gasteiger partial charge is 0.497 e. The number of nitrogens with zero attached hydrogens (tertiary/aromatic N) is 2. The molecule has 1 aromatic heterocycles. The minimum atomic E-state index is -4.40. The van der Waals surface area contributed by atoms with Crippen LogP contribution in [0.2, 0.25) is 0 Å². The maximum atomic E-state index is 13.1. The average Bonchev–Trinajstić information content (AvgIpc) is 3.31. The number of alkyl halides is 3. The lowest BCUT2D eigenvalue weighted by Crippen LogP contribution is -2.38. The zero-order chi connectivity index (χ0) is 29.9. The number of carboxylic acids is 1. The van der Waals surface area contributed by atoms with Crippen LogP contribution in [0.1, 0.15) is 41.8 Å². The van der Waals surface area contributed by atoms with Crippen LogP contribution in [0.5, 0.6) is 11.5 Å². The average molecular weight is 585 g/mol. The number of rotatable bonds is 10. The van der Waals surface area contributed by atoms with Gasteiger partial charge in [0.25, 0.3) is 0 Å². The number of ether oxygens (including phenoxy) is 2. The van der Waals surface area contributed by atoms with E-state index < -0.39 is 23.3 Å². The molecule has 0 fully saturated rings. The zero-order valence-corrected chi connectivity index (χ0v) is 24.2. The summed E-state index contributed by atoms with van der Waals surface area (Å²) in [6.45, 7) is 7.77. The van der Waals surface area contributed by atoms with Gasteiger partial charge in [-0.2, -0.15) is 13.2 Å². The molecular formula is C31H31F3N2O4S. The molecule has 0 spiro atoms. The van der Waals surface area contributed by atoms with Crippen LogP contribution in [0.25, 0.3) is 10.6 Å². The van der Waals surface area contributed by atoms with E-state index in [4.69, 9.17) is 14.5 Å². The molecule has 0 aliphatic heterocycles. The second-order valence-corrected chi connectivity index (χ2v) is 11.2. The van der Waals surface area contributed by atoms with Crippen LogP contribution in [-0.2, 0) is 24.1 Å². The number of thiazole rings is 1. The van der Waals surface area contributed by atoms with Crippen molar-refractivity contribution < 1.29 is 32.5 Å². The molecule has 4 aromatic rings. The number of methoxy groups -OCH3 is 1. The normalized spacial score (nSPS) is 11.8. The molecule has 10 heteroatoms. The van der Waals surface area contributed by atoms with E-state index in [9.17, 15) is 23.1 Å². The van der Waals surface area contributed by atoms with Crippen LogP contribution in [0.4, 0.5) is 18.2 Å². The third-order valence-corrected chi connectivity index (χ3v) is 7.79. The van der Waals surface area contributed by atoms with Gasteiger partial charge in [-0.15, -0.1) is 0 Å². The van der Waals surface area contributed by atoms with Gasteiger partial charge in [0.1, 0.15) is 21.5 Å². The lowest BCUT2D eigenvalue weighted by molar-refractivity contribution is -0.152. The van der Waals surface area contributed by atoms with Gasteiger partial charge in [-0.05, 0) is 74.7 Å². The van der Waals surface area contributed by atoms with Crippen molar-refractivity contribution in [3.8, 4) is 22.1 Å². The van der Waals surface area contributed by atoms with E-state index in [1.54, 1.807) is 13.2 Å². The van der Waals surface area contributed by atoms with Gasteiger partial charge in [-0.25, -0.2) is 9.78 Å². The molecule has 0 saturated heterocycles. The first-order valence-corrected chi connectivity index (χ1v) is 13.6. The van der Waals surface area contributed by atoms with E-state index in [1.165, 1.54) is 37.3 Å². The summed E-state index contributed by atoms with van der Waals surface area (Å²) < 4.78 is 50.4. The molecule has 0 unspecified atom stereocenters. The van der Waals surface area contributed by atoms with E-state index in [0.29, 0.717) is 29.4 Å². The number of aromatic nitrogens is 1. The van der Waals surface area contributed by atoms with Gasteiger partial charge in [0.15, 0.2) is 5.60 Å². The third-order valence-electron chi connectivity index (χ3n) is 6.52. The van der Waals surface area contributed by atoms with E-state index in [0.717, 1.165) is 45.3 Å². The van der Waals surface area contributed by atoms with Crippen LogP contribution < -0.4 is 14.4 Å². The Morgan fingerprint density at radius 3 is 2.22 bits per heavy atom. The molecular weight excluding hydrogens is 553 g/mol. The van der Waals surface area contributed by atoms with Crippen molar-refractivity contribution >= 4 is 22.3 Å². The topological polar surface area (TPSA) is 71.9 Å². The molecule has 1 N–H and O–H groups in total. The van der Waals surface area contributed by atoms with Crippen LogP contribution in [0.3, 0.4) is 0 Å². The molecule has 0 radical (unpaired) electrons. The first-order valence-electron chi connectivity index (χ1n) is 12.8. The zero-order valence-electron chi connectivity index (χ0n) is 23.4. The van der Waals surface area contributed by atoms with Crippen LogP contribution in [-0.4, -0.2) is 28.8 Å². The smallest absolute Gasteiger partial charge is 0.416 e. The summed E-state index contributed by atoms with van der Waals surface area (Å²) in [5, 5.41) is 10.9. The van der Waals surface area contributed by atoms with Crippen molar-refractivity contribution in [1.29, 1.82) is 0 Å². The lowest BCUT2D eigenvalue weighted by atomic mass is 10.1. The molecule has 0 saturated carbocycles. The lowest BCUT2D eigenvalue weighted by Gasteiger charge is -2.26. The van der Waals surface area contributed by atoms with Crippen molar-refractivity contribution in [3.63, 3.8) is 0 Å². The Morgan fingerprint density at radius 2 is 1.63 bits per heavy atom. The number of carbonyl (C=O) groups is 1. The van der Waals surface area contributed by atoms with Gasteiger partial charge in [-0.3, -0.25) is 0 Å². The summed E-state index contributed by atoms with van der Waals surface area (Å²) in [7, 11) is 1.61. The number of aryl methyl sites for hydroxylation is 2. The number of hydrogen-bond donors (Lipinski definition) is 1. The fourth-order valence-electron chi connectivity index (χ4n) is 4.26. The van der Waals surface area contributed by atoms with Gasteiger partial charge in [0.2, 0.25) is 0 Å². The molecule has 0 aliphatic rings. The molecule has 6 nitrogen and oxygen atoms in total. The maximum Gasteiger partial charge on any atom is 0.416 e. The summed E-state index contributed by atoms with van der Waals surface area (Å²) in [5.74, 6) is 0.154. The summed E-state index contributed by atoms with van der Waals surface area (Å²) in [6.07, 6.45) is -4.40. The minimum absolute atomic E-state index is 0.485. The molecule has 0 bridgehead atoms. The number of carboxylic acid groups (broad SMARTS) is 1. The Hall–Kier alpha value is -4.05. The van der Waals surface area contributed by atoms with Crippen LogP contribution >= 0.6 is 11.3 Å². The SMILES string of the molecule is COc1cccc(CN(Cc2ccc(OC(C)(C)C(=O)O)c(C)c2)c2sc(-c3ccc(C(F)(F)F)cc3)nc2C)c1. The Kier molecular flexibility index (Phi) is 8.63. The van der Waals surface area contributed by atoms with Gasteiger partial charge in [-0.1, -0.05) is 47.7 Å². The van der Waals surface area contributed by atoms with Crippen molar-refractivity contribution in [3.05, 3.63) is 94.7 Å². The van der Waals surface area contributed by atoms with Crippen molar-refractivity contribution in [1.82, 2.24) is 4.98 Å². The Labute approximate surface area is 241 Å². The summed E-state index contributed by atoms with van der Waals surface area (Å²) >= 11 is 1.41. The Bertz CT molecular complexity index is 1530. The number of hydrogen-bond acceptors (Lipinski definition) is 6. The van der Waals surface area contributed by atoms with Crippen molar-refractivity contribution in [2.24, 2.45) is 0 Å². The summed E-state index contributed by atoms with van der Waals surface area (Å²) in [4.78, 5) is 18.4. The molecule has 0 amide bonds. The number of aliphatic carboxylic acids is 1. The van der Waals surface area contributed by atoms with Crippen LogP contribution in [0, 0.1) is 13.8 Å². The summed E-state index contributed by atoms with van der Waals surface area (Å²) in [6, 6.07) is 18.4. The van der Waals surface area contributed by atoms with Gasteiger partial charge < -0.3 is 19.5 Å². The second-order valence-electron chi connectivity index (χ2n) is 10.2. The fourth-order valence-corrected chi connectivity index (χ4v) is 5.33. The molecule has 3 aromatic carbocycles. The molecule has 216 valence electrons. The number of benzene rings is 3. The molecule has 0 atom stereocenters. The predicted molar refractivity (Wildman–Crippen MR) is 154 cm³/mol. The van der Waals surface area contributed by atoms with E-state index in [1.807, 2.05) is 50.2 Å². The molecule has 1 heterocycles. The van der Waals surface area contributed by atoms with E-state index in [-0.39, 0.29) is 0 Å².